The normalized spacial score (nSPS) is 16.3. The van der Waals surface area contributed by atoms with Gasteiger partial charge in [-0.3, -0.25) is 4.79 Å². The van der Waals surface area contributed by atoms with Gasteiger partial charge in [0, 0.05) is 12.1 Å². The van der Waals surface area contributed by atoms with E-state index in [1.807, 2.05) is 24.3 Å². The highest BCUT2D eigenvalue weighted by Crippen LogP contribution is 2.31. The van der Waals surface area contributed by atoms with Crippen LogP contribution in [0.3, 0.4) is 0 Å². The summed E-state index contributed by atoms with van der Waals surface area (Å²) in [6, 6.07) is 12.7. The van der Waals surface area contributed by atoms with Gasteiger partial charge in [0.2, 0.25) is 5.91 Å². The van der Waals surface area contributed by atoms with Crippen LogP contribution in [0.4, 0.5) is 5.69 Å². The number of aryl methyl sites for hydroxylation is 2. The molecule has 1 aliphatic carbocycles. The number of benzene rings is 2. The molecule has 25 heavy (non-hydrogen) atoms. The molecule has 6 heteroatoms. The van der Waals surface area contributed by atoms with E-state index in [2.05, 4.69) is 5.32 Å². The van der Waals surface area contributed by atoms with Crippen molar-refractivity contribution in [3.05, 3.63) is 64.1 Å². The topological polar surface area (TPSA) is 72.5 Å². The molecule has 2 aromatic carbocycles. The Labute approximate surface area is 146 Å². The SMILES string of the molecule is O=C1CCc2cc(OS(=O)(=O)C3=Cc4ccccc4CC3)ccc2N1. The van der Waals surface area contributed by atoms with Crippen LogP contribution in [0.5, 0.6) is 5.75 Å². The molecule has 0 radical (unpaired) electrons. The zero-order chi connectivity index (χ0) is 17.4. The monoisotopic (exact) mass is 355 g/mol. The molecular weight excluding hydrogens is 338 g/mol. The van der Waals surface area contributed by atoms with Crippen LogP contribution in [-0.4, -0.2) is 14.3 Å². The lowest BCUT2D eigenvalue weighted by Gasteiger charge is -2.19. The molecule has 0 bridgehead atoms. The van der Waals surface area contributed by atoms with Gasteiger partial charge in [0.25, 0.3) is 0 Å². The van der Waals surface area contributed by atoms with Crippen LogP contribution in [0.25, 0.3) is 6.08 Å². The first-order valence-electron chi connectivity index (χ1n) is 8.17. The van der Waals surface area contributed by atoms with Gasteiger partial charge < -0.3 is 9.50 Å². The molecule has 0 atom stereocenters. The van der Waals surface area contributed by atoms with Crippen LogP contribution < -0.4 is 9.50 Å². The number of rotatable bonds is 3. The average molecular weight is 355 g/mol. The van der Waals surface area contributed by atoms with E-state index >= 15 is 0 Å². The maximum atomic E-state index is 12.6. The minimum Gasteiger partial charge on any atom is -0.379 e. The van der Waals surface area contributed by atoms with E-state index in [1.165, 1.54) is 0 Å². The molecule has 1 heterocycles. The molecule has 5 nitrogen and oxygen atoms in total. The molecule has 0 aromatic heterocycles. The third-order valence-corrected chi connectivity index (χ3v) is 5.89. The van der Waals surface area contributed by atoms with Crippen molar-refractivity contribution in [2.75, 3.05) is 5.32 Å². The van der Waals surface area contributed by atoms with Gasteiger partial charge in [-0.2, -0.15) is 8.42 Å². The average Bonchev–Trinajstić information content (AvgIpc) is 2.61. The summed E-state index contributed by atoms with van der Waals surface area (Å²) in [5.74, 6) is 0.245. The number of carbonyl (C=O) groups is 1. The molecule has 4 rings (SSSR count). The Hall–Kier alpha value is -2.60. The highest BCUT2D eigenvalue weighted by atomic mass is 32.2. The molecule has 128 valence electrons. The van der Waals surface area contributed by atoms with E-state index in [9.17, 15) is 13.2 Å². The Morgan fingerprint density at radius 1 is 0.920 bits per heavy atom. The summed E-state index contributed by atoms with van der Waals surface area (Å²) in [6.45, 7) is 0. The van der Waals surface area contributed by atoms with Gasteiger partial charge in [0.05, 0.1) is 4.91 Å². The molecule has 0 spiro atoms. The number of nitrogens with one attached hydrogen (secondary N) is 1. The minimum absolute atomic E-state index is 0.0279. The van der Waals surface area contributed by atoms with E-state index < -0.39 is 10.1 Å². The van der Waals surface area contributed by atoms with Crippen LogP contribution in [0.15, 0.2) is 47.4 Å². The third-order valence-electron chi connectivity index (χ3n) is 4.51. The lowest BCUT2D eigenvalue weighted by molar-refractivity contribution is -0.116. The van der Waals surface area contributed by atoms with Crippen molar-refractivity contribution in [2.45, 2.75) is 25.7 Å². The number of amides is 1. The maximum Gasteiger partial charge on any atom is 0.335 e. The van der Waals surface area contributed by atoms with Crippen molar-refractivity contribution in [1.82, 2.24) is 0 Å². The lowest BCUT2D eigenvalue weighted by atomic mass is 9.98. The Kier molecular flexibility index (Phi) is 3.84. The molecule has 2 aliphatic rings. The van der Waals surface area contributed by atoms with E-state index in [-0.39, 0.29) is 16.6 Å². The number of allylic oxidation sites excluding steroid dienone is 1. The van der Waals surface area contributed by atoms with Crippen LogP contribution >= 0.6 is 0 Å². The summed E-state index contributed by atoms with van der Waals surface area (Å²) in [6.07, 6.45) is 3.77. The van der Waals surface area contributed by atoms with Crippen LogP contribution in [0.1, 0.15) is 29.5 Å². The Morgan fingerprint density at radius 3 is 2.60 bits per heavy atom. The largest absolute Gasteiger partial charge is 0.379 e. The number of fused-ring (bicyclic) bond motifs is 2. The van der Waals surface area contributed by atoms with Crippen molar-refractivity contribution in [2.24, 2.45) is 0 Å². The van der Waals surface area contributed by atoms with E-state index in [0.29, 0.717) is 31.4 Å². The van der Waals surface area contributed by atoms with Gasteiger partial charge in [-0.15, -0.1) is 0 Å². The standard InChI is InChI=1S/C19H17NO4S/c21-19-10-6-15-11-16(7-9-18(15)20-19)24-25(22,23)17-8-5-13-3-1-2-4-14(13)12-17/h1-4,7,9,11-12H,5-6,8,10H2,(H,20,21). The molecule has 1 N–H and O–H groups in total. The summed E-state index contributed by atoms with van der Waals surface area (Å²) < 4.78 is 30.6. The molecule has 0 saturated carbocycles. The molecule has 0 saturated heterocycles. The maximum absolute atomic E-state index is 12.6. The van der Waals surface area contributed by atoms with E-state index in [0.717, 1.165) is 16.7 Å². The molecule has 0 fully saturated rings. The lowest BCUT2D eigenvalue weighted by Crippen LogP contribution is -2.19. The molecule has 1 aliphatic heterocycles. The first kappa shape index (κ1) is 15.9. The van der Waals surface area contributed by atoms with Crippen LogP contribution in [0.2, 0.25) is 0 Å². The van der Waals surface area contributed by atoms with Gasteiger partial charge in [-0.05, 0) is 60.2 Å². The fourth-order valence-electron chi connectivity index (χ4n) is 3.20. The number of hydrogen-bond donors (Lipinski definition) is 1. The quantitative estimate of drug-likeness (QED) is 0.858. The fourth-order valence-corrected chi connectivity index (χ4v) is 4.28. The van der Waals surface area contributed by atoms with Gasteiger partial charge in [0.1, 0.15) is 5.75 Å². The van der Waals surface area contributed by atoms with E-state index in [4.69, 9.17) is 4.18 Å². The predicted octanol–water partition coefficient (Wildman–Crippen LogP) is 3.27. The highest BCUT2D eigenvalue weighted by Gasteiger charge is 2.24. The number of carbonyl (C=O) groups excluding carboxylic acids is 1. The van der Waals surface area contributed by atoms with Crippen molar-refractivity contribution >= 4 is 27.8 Å². The molecular formula is C19H17NO4S. The second-order valence-electron chi connectivity index (χ2n) is 6.21. The zero-order valence-electron chi connectivity index (χ0n) is 13.5. The molecule has 1 amide bonds. The third kappa shape index (κ3) is 3.17. The second-order valence-corrected chi connectivity index (χ2v) is 7.81. The first-order chi connectivity index (χ1) is 12.0. The molecule has 0 unspecified atom stereocenters. The van der Waals surface area contributed by atoms with Crippen molar-refractivity contribution in [3.63, 3.8) is 0 Å². The Morgan fingerprint density at radius 2 is 1.72 bits per heavy atom. The summed E-state index contributed by atoms with van der Waals surface area (Å²) in [7, 11) is -3.84. The van der Waals surface area contributed by atoms with Crippen molar-refractivity contribution < 1.29 is 17.4 Å². The van der Waals surface area contributed by atoms with Gasteiger partial charge in [-0.1, -0.05) is 24.3 Å². The minimum atomic E-state index is -3.84. The summed E-state index contributed by atoms with van der Waals surface area (Å²) in [4.78, 5) is 11.7. The number of anilines is 1. The van der Waals surface area contributed by atoms with Crippen molar-refractivity contribution in [3.8, 4) is 5.75 Å². The van der Waals surface area contributed by atoms with Crippen LogP contribution in [-0.2, 0) is 27.8 Å². The summed E-state index contributed by atoms with van der Waals surface area (Å²) in [5, 5.41) is 2.77. The van der Waals surface area contributed by atoms with Crippen LogP contribution in [0, 0.1) is 0 Å². The zero-order valence-corrected chi connectivity index (χ0v) is 14.3. The van der Waals surface area contributed by atoms with Crippen molar-refractivity contribution in [1.29, 1.82) is 0 Å². The Balaban J connectivity index is 1.60. The second kappa shape index (κ2) is 6.04. The predicted molar refractivity (Wildman–Crippen MR) is 95.7 cm³/mol. The number of hydrogen-bond acceptors (Lipinski definition) is 4. The highest BCUT2D eigenvalue weighted by molar-refractivity contribution is 7.91. The molecule has 2 aromatic rings. The van der Waals surface area contributed by atoms with E-state index in [1.54, 1.807) is 24.3 Å². The fraction of sp³-hybridized carbons (Fsp3) is 0.211. The van der Waals surface area contributed by atoms with Gasteiger partial charge in [-0.25, -0.2) is 0 Å². The first-order valence-corrected chi connectivity index (χ1v) is 9.58. The van der Waals surface area contributed by atoms with Gasteiger partial charge in [0.15, 0.2) is 0 Å². The Bertz CT molecular complexity index is 992. The summed E-state index contributed by atoms with van der Waals surface area (Å²) >= 11 is 0. The summed E-state index contributed by atoms with van der Waals surface area (Å²) in [5.41, 5.74) is 3.66. The smallest absolute Gasteiger partial charge is 0.335 e. The van der Waals surface area contributed by atoms with Gasteiger partial charge >= 0.3 is 10.1 Å².